The number of nitrogens with zero attached hydrogens (tertiary/aromatic N) is 4. The highest BCUT2D eigenvalue weighted by Gasteiger charge is 2.29. The van der Waals surface area contributed by atoms with Gasteiger partial charge in [0.05, 0.1) is 24.1 Å². The number of anilines is 1. The van der Waals surface area contributed by atoms with Crippen LogP contribution in [0.4, 0.5) is 5.69 Å². The third-order valence-corrected chi connectivity index (χ3v) is 5.84. The van der Waals surface area contributed by atoms with Gasteiger partial charge in [0, 0.05) is 43.7 Å². The SMILES string of the molecule is C/C=C/C=C(\C=NC)c1ccc(NC(=O)CN2CCCC(C)=C2CN(C)C2CC2)cn1. The summed E-state index contributed by atoms with van der Waals surface area (Å²) in [5.74, 6) is -0.00405. The van der Waals surface area contributed by atoms with E-state index in [1.807, 2.05) is 37.3 Å². The minimum Gasteiger partial charge on any atom is -0.364 e. The van der Waals surface area contributed by atoms with Crippen molar-refractivity contribution in [2.24, 2.45) is 4.99 Å². The maximum Gasteiger partial charge on any atom is 0.243 e. The normalized spacial score (nSPS) is 18.0. The average molecular weight is 422 g/mol. The maximum absolute atomic E-state index is 12.8. The lowest BCUT2D eigenvalue weighted by atomic mass is 10.0. The Hall–Kier alpha value is -2.73. The highest BCUT2D eigenvalue weighted by molar-refractivity contribution is 6.09. The number of hydrogen-bond donors (Lipinski definition) is 1. The number of aliphatic imine (C=N–C) groups is 1. The zero-order valence-corrected chi connectivity index (χ0v) is 19.3. The monoisotopic (exact) mass is 421 g/mol. The summed E-state index contributed by atoms with van der Waals surface area (Å²) in [5, 5.41) is 3.01. The van der Waals surface area contributed by atoms with Gasteiger partial charge in [-0.15, -0.1) is 0 Å². The number of aromatic nitrogens is 1. The summed E-state index contributed by atoms with van der Waals surface area (Å²) in [6, 6.07) is 4.52. The molecule has 1 saturated carbocycles. The first kappa shape index (κ1) is 22.9. The van der Waals surface area contributed by atoms with E-state index in [-0.39, 0.29) is 5.91 Å². The van der Waals surface area contributed by atoms with Gasteiger partial charge < -0.3 is 10.2 Å². The van der Waals surface area contributed by atoms with E-state index in [1.54, 1.807) is 19.5 Å². The van der Waals surface area contributed by atoms with Crippen molar-refractivity contribution in [1.29, 1.82) is 0 Å². The average Bonchev–Trinajstić information content (AvgIpc) is 3.60. The summed E-state index contributed by atoms with van der Waals surface area (Å²) in [6.45, 7) is 6.42. The molecule has 1 aliphatic carbocycles. The minimum atomic E-state index is -0.00405. The standard InChI is InChI=1S/C25H35N5O/c1-5-6-9-20(15-26-3)23-13-10-21(16-27-23)28-25(31)18-30-14-7-8-19(2)24(30)17-29(4)22-11-12-22/h5-6,9-10,13,15-16,22H,7-8,11-12,14,17-18H2,1-4H3,(H,28,31)/b6-5+,20-9+,26-15?. The Labute approximate surface area is 186 Å². The highest BCUT2D eigenvalue weighted by atomic mass is 16.2. The summed E-state index contributed by atoms with van der Waals surface area (Å²) in [5.41, 5.74) is 5.19. The lowest BCUT2D eigenvalue weighted by molar-refractivity contribution is -0.117. The van der Waals surface area contributed by atoms with E-state index >= 15 is 0 Å². The number of carbonyl (C=O) groups is 1. The van der Waals surface area contributed by atoms with E-state index < -0.39 is 0 Å². The van der Waals surface area contributed by atoms with Crippen molar-refractivity contribution in [2.75, 3.05) is 39.0 Å². The van der Waals surface area contributed by atoms with Gasteiger partial charge >= 0.3 is 0 Å². The summed E-state index contributed by atoms with van der Waals surface area (Å²) < 4.78 is 0. The van der Waals surface area contributed by atoms with Gasteiger partial charge in [0.15, 0.2) is 0 Å². The van der Waals surface area contributed by atoms with Crippen molar-refractivity contribution >= 4 is 23.4 Å². The molecule has 1 N–H and O–H groups in total. The first-order valence-corrected chi connectivity index (χ1v) is 11.2. The van der Waals surface area contributed by atoms with E-state index in [9.17, 15) is 4.79 Å². The second-order valence-electron chi connectivity index (χ2n) is 8.41. The maximum atomic E-state index is 12.8. The summed E-state index contributed by atoms with van der Waals surface area (Å²) >= 11 is 0. The van der Waals surface area contributed by atoms with Gasteiger partial charge in [0.25, 0.3) is 0 Å². The Balaban J connectivity index is 1.62. The fourth-order valence-electron chi connectivity index (χ4n) is 3.92. The van der Waals surface area contributed by atoms with E-state index in [4.69, 9.17) is 0 Å². The van der Waals surface area contributed by atoms with Crippen LogP contribution < -0.4 is 5.32 Å². The van der Waals surface area contributed by atoms with Crippen LogP contribution >= 0.6 is 0 Å². The van der Waals surface area contributed by atoms with E-state index in [0.717, 1.165) is 37.2 Å². The first-order valence-electron chi connectivity index (χ1n) is 11.2. The summed E-state index contributed by atoms with van der Waals surface area (Å²) in [6.07, 6.45) is 14.2. The predicted octanol–water partition coefficient (Wildman–Crippen LogP) is 4.14. The Morgan fingerprint density at radius 2 is 2.19 bits per heavy atom. The molecule has 0 bridgehead atoms. The largest absolute Gasteiger partial charge is 0.364 e. The molecule has 166 valence electrons. The molecule has 3 rings (SSSR count). The van der Waals surface area contributed by atoms with Crippen LogP contribution in [0.15, 0.2) is 52.8 Å². The van der Waals surface area contributed by atoms with Crippen molar-refractivity contribution in [3.63, 3.8) is 0 Å². The molecule has 0 aromatic carbocycles. The quantitative estimate of drug-likeness (QED) is 0.481. The molecule has 6 nitrogen and oxygen atoms in total. The lowest BCUT2D eigenvalue weighted by Crippen LogP contribution is -2.40. The third kappa shape index (κ3) is 6.62. The van der Waals surface area contributed by atoms with Gasteiger partial charge in [-0.1, -0.05) is 23.8 Å². The Morgan fingerprint density at radius 1 is 1.39 bits per heavy atom. The fourth-order valence-corrected chi connectivity index (χ4v) is 3.92. The molecule has 1 aliphatic heterocycles. The number of pyridine rings is 1. The molecular weight excluding hydrogens is 386 g/mol. The van der Waals surface area contributed by atoms with Crippen LogP contribution in [-0.2, 0) is 4.79 Å². The van der Waals surface area contributed by atoms with E-state index in [1.165, 1.54) is 24.1 Å². The first-order chi connectivity index (χ1) is 15.0. The molecule has 0 unspecified atom stereocenters. The van der Waals surface area contributed by atoms with Crippen molar-refractivity contribution in [3.05, 3.63) is 53.5 Å². The third-order valence-electron chi connectivity index (χ3n) is 5.84. The van der Waals surface area contributed by atoms with Crippen molar-refractivity contribution in [1.82, 2.24) is 14.8 Å². The van der Waals surface area contributed by atoms with Crippen LogP contribution in [0.5, 0.6) is 0 Å². The van der Waals surface area contributed by atoms with Crippen LogP contribution in [0.25, 0.3) is 5.57 Å². The van der Waals surface area contributed by atoms with Crippen LogP contribution in [0.3, 0.4) is 0 Å². The zero-order chi connectivity index (χ0) is 22.2. The summed E-state index contributed by atoms with van der Waals surface area (Å²) in [7, 11) is 3.94. The molecule has 0 spiro atoms. The van der Waals surface area contributed by atoms with Crippen LogP contribution in [0, 0.1) is 0 Å². The predicted molar refractivity (Wildman–Crippen MR) is 129 cm³/mol. The zero-order valence-electron chi connectivity index (χ0n) is 19.3. The number of hydrogen-bond acceptors (Lipinski definition) is 5. The Morgan fingerprint density at radius 3 is 2.84 bits per heavy atom. The number of carbonyl (C=O) groups excluding carboxylic acids is 1. The van der Waals surface area contributed by atoms with Crippen LogP contribution in [-0.4, -0.2) is 66.7 Å². The van der Waals surface area contributed by atoms with Gasteiger partial charge in [-0.3, -0.25) is 19.7 Å². The van der Waals surface area contributed by atoms with Gasteiger partial charge in [0.2, 0.25) is 5.91 Å². The molecule has 1 fully saturated rings. The van der Waals surface area contributed by atoms with Gasteiger partial charge in [-0.25, -0.2) is 0 Å². The molecule has 6 heteroatoms. The smallest absolute Gasteiger partial charge is 0.243 e. The van der Waals surface area contributed by atoms with Gasteiger partial charge in [-0.05, 0) is 58.7 Å². The molecule has 2 heterocycles. The molecule has 0 saturated heterocycles. The molecule has 2 aliphatic rings. The molecule has 31 heavy (non-hydrogen) atoms. The van der Waals surface area contributed by atoms with E-state index in [2.05, 4.69) is 39.1 Å². The number of likely N-dealkylation sites (N-methyl/N-ethyl adjacent to an activating group) is 1. The molecular formula is C25H35N5O. The van der Waals surface area contributed by atoms with Crippen molar-refractivity contribution in [3.8, 4) is 0 Å². The highest BCUT2D eigenvalue weighted by Crippen LogP contribution is 2.29. The second-order valence-corrected chi connectivity index (χ2v) is 8.41. The van der Waals surface area contributed by atoms with Gasteiger partial charge in [0.1, 0.15) is 0 Å². The van der Waals surface area contributed by atoms with Gasteiger partial charge in [-0.2, -0.15) is 0 Å². The minimum absolute atomic E-state index is 0.00405. The van der Waals surface area contributed by atoms with Crippen LogP contribution in [0.1, 0.15) is 45.2 Å². The molecule has 1 aromatic rings. The lowest BCUT2D eigenvalue weighted by Gasteiger charge is -2.35. The number of nitrogens with one attached hydrogen (secondary N) is 1. The molecule has 1 amide bonds. The Kier molecular flexibility index (Phi) is 8.18. The fraction of sp³-hybridized carbons (Fsp3) is 0.480. The topological polar surface area (TPSA) is 60.8 Å². The molecule has 1 aromatic heterocycles. The number of allylic oxidation sites excluding steroid dienone is 5. The van der Waals surface area contributed by atoms with Crippen molar-refractivity contribution < 1.29 is 4.79 Å². The summed E-state index contributed by atoms with van der Waals surface area (Å²) in [4.78, 5) is 26.1. The van der Waals surface area contributed by atoms with Crippen molar-refractivity contribution in [2.45, 2.75) is 45.6 Å². The Bertz CT molecular complexity index is 878. The number of amides is 1. The van der Waals surface area contributed by atoms with Crippen LogP contribution in [0.2, 0.25) is 0 Å². The molecule has 0 atom stereocenters. The van der Waals surface area contributed by atoms with E-state index in [0.29, 0.717) is 18.3 Å². The molecule has 0 radical (unpaired) electrons. The second kappa shape index (κ2) is 11.0. The number of rotatable bonds is 9.